The minimum absolute atomic E-state index is 0.336. The van der Waals surface area contributed by atoms with Crippen molar-refractivity contribution in [3.8, 4) is 6.01 Å². The first-order valence-electron chi connectivity index (χ1n) is 6.39. The number of hydrogen-bond acceptors (Lipinski definition) is 7. The van der Waals surface area contributed by atoms with E-state index in [-0.39, 0.29) is 0 Å². The number of hydrogen-bond donors (Lipinski definition) is 1. The topological polar surface area (TPSA) is 80.2 Å². The third-order valence-electron chi connectivity index (χ3n) is 2.72. The van der Waals surface area contributed by atoms with Gasteiger partial charge in [-0.05, 0) is 6.42 Å². The van der Waals surface area contributed by atoms with Gasteiger partial charge in [0.05, 0.1) is 6.61 Å². The Morgan fingerprint density at radius 2 is 2.05 bits per heavy atom. The van der Waals surface area contributed by atoms with Gasteiger partial charge in [-0.3, -0.25) is 4.21 Å². The highest BCUT2D eigenvalue weighted by Gasteiger charge is 2.19. The third-order valence-corrected chi connectivity index (χ3v) is 4.00. The minimum Gasteiger partial charge on any atom is -0.463 e. The highest BCUT2D eigenvalue weighted by molar-refractivity contribution is 7.85. The molecule has 19 heavy (non-hydrogen) atoms. The fraction of sp³-hybridized carbons (Fsp3) is 0.727. The fourth-order valence-corrected chi connectivity index (χ4v) is 2.75. The lowest BCUT2D eigenvalue weighted by Gasteiger charge is -2.26. The molecule has 0 aromatic carbocycles. The standard InChI is InChI=1S/C11H19N5O2S/c1-3-6-18-11-14-9(12-2)13-10(15-11)16-4-7-19(17)8-5-16/h3-8H2,1-2H3,(H,12,13,14,15). The molecule has 1 N–H and O–H groups in total. The maximum atomic E-state index is 11.4. The molecule has 0 saturated carbocycles. The van der Waals surface area contributed by atoms with Gasteiger partial charge in [0.2, 0.25) is 11.9 Å². The van der Waals surface area contributed by atoms with Gasteiger partial charge in [0.1, 0.15) is 0 Å². The van der Waals surface area contributed by atoms with Crippen molar-refractivity contribution in [1.29, 1.82) is 0 Å². The number of aromatic nitrogens is 3. The van der Waals surface area contributed by atoms with Crippen LogP contribution in [0.5, 0.6) is 6.01 Å². The van der Waals surface area contributed by atoms with Crippen molar-refractivity contribution in [3.63, 3.8) is 0 Å². The van der Waals surface area contributed by atoms with E-state index in [4.69, 9.17) is 4.74 Å². The molecule has 1 fully saturated rings. The van der Waals surface area contributed by atoms with Crippen LogP contribution in [-0.2, 0) is 10.8 Å². The average molecular weight is 285 g/mol. The molecular formula is C11H19N5O2S. The molecule has 1 aromatic heterocycles. The Kier molecular flexibility index (Phi) is 4.89. The van der Waals surface area contributed by atoms with E-state index in [2.05, 4.69) is 20.3 Å². The monoisotopic (exact) mass is 285 g/mol. The van der Waals surface area contributed by atoms with E-state index < -0.39 is 10.8 Å². The molecule has 0 spiro atoms. The molecule has 106 valence electrons. The molecule has 0 atom stereocenters. The number of ether oxygens (including phenoxy) is 1. The highest BCUT2D eigenvalue weighted by Crippen LogP contribution is 2.16. The molecule has 0 amide bonds. The SMILES string of the molecule is CCCOc1nc(NC)nc(N2CCS(=O)CC2)n1. The molecule has 2 rings (SSSR count). The van der Waals surface area contributed by atoms with Crippen LogP contribution in [0.25, 0.3) is 0 Å². The first kappa shape index (κ1) is 14.0. The Morgan fingerprint density at radius 3 is 2.68 bits per heavy atom. The molecule has 0 radical (unpaired) electrons. The van der Waals surface area contributed by atoms with Crippen LogP contribution in [0, 0.1) is 0 Å². The third kappa shape index (κ3) is 3.76. The van der Waals surface area contributed by atoms with Crippen molar-refractivity contribution < 1.29 is 8.95 Å². The second kappa shape index (κ2) is 6.65. The van der Waals surface area contributed by atoms with Crippen molar-refractivity contribution >= 4 is 22.7 Å². The summed E-state index contributed by atoms with van der Waals surface area (Å²) in [4.78, 5) is 14.8. The molecular weight excluding hydrogens is 266 g/mol. The smallest absolute Gasteiger partial charge is 0.323 e. The summed E-state index contributed by atoms with van der Waals surface area (Å²) in [5.74, 6) is 2.39. The second-order valence-corrected chi connectivity index (χ2v) is 5.87. The van der Waals surface area contributed by atoms with Crippen LogP contribution in [0.3, 0.4) is 0 Å². The van der Waals surface area contributed by atoms with Gasteiger partial charge in [0.15, 0.2) is 0 Å². The van der Waals surface area contributed by atoms with E-state index in [0.717, 1.165) is 6.42 Å². The number of nitrogens with zero attached hydrogens (tertiary/aromatic N) is 4. The molecule has 8 heteroatoms. The summed E-state index contributed by atoms with van der Waals surface area (Å²) in [5.41, 5.74) is 0. The summed E-state index contributed by atoms with van der Waals surface area (Å²) in [6, 6.07) is 0.336. The van der Waals surface area contributed by atoms with E-state index in [0.29, 0.717) is 49.1 Å². The van der Waals surface area contributed by atoms with Crippen molar-refractivity contribution in [2.24, 2.45) is 0 Å². The minimum atomic E-state index is -0.712. The molecule has 1 aliphatic heterocycles. The molecule has 1 saturated heterocycles. The number of anilines is 2. The van der Waals surface area contributed by atoms with Crippen LogP contribution in [0.2, 0.25) is 0 Å². The first-order chi connectivity index (χ1) is 9.22. The summed E-state index contributed by atoms with van der Waals surface area (Å²) in [7, 11) is 1.05. The van der Waals surface area contributed by atoms with Gasteiger partial charge in [0, 0.05) is 42.4 Å². The fourth-order valence-electron chi connectivity index (χ4n) is 1.69. The van der Waals surface area contributed by atoms with Gasteiger partial charge < -0.3 is 15.0 Å². The lowest BCUT2D eigenvalue weighted by atomic mass is 10.5. The summed E-state index contributed by atoms with van der Waals surface area (Å²) < 4.78 is 16.8. The Balaban J connectivity index is 2.16. The zero-order chi connectivity index (χ0) is 13.7. The van der Waals surface area contributed by atoms with E-state index in [9.17, 15) is 4.21 Å². The molecule has 2 heterocycles. The zero-order valence-electron chi connectivity index (χ0n) is 11.3. The number of nitrogens with one attached hydrogen (secondary N) is 1. The molecule has 7 nitrogen and oxygen atoms in total. The Labute approximate surface area is 115 Å². The average Bonchev–Trinajstić information content (AvgIpc) is 2.45. The van der Waals surface area contributed by atoms with Crippen molar-refractivity contribution in [1.82, 2.24) is 15.0 Å². The van der Waals surface area contributed by atoms with Crippen molar-refractivity contribution in [2.75, 3.05) is 48.5 Å². The highest BCUT2D eigenvalue weighted by atomic mass is 32.2. The molecule has 0 bridgehead atoms. The van der Waals surface area contributed by atoms with Crippen LogP contribution < -0.4 is 15.0 Å². The van der Waals surface area contributed by atoms with Gasteiger partial charge in [0.25, 0.3) is 0 Å². The van der Waals surface area contributed by atoms with E-state index in [1.165, 1.54) is 0 Å². The quantitative estimate of drug-likeness (QED) is 0.831. The Bertz CT molecular complexity index is 447. The summed E-state index contributed by atoms with van der Waals surface area (Å²) in [6.07, 6.45) is 0.901. The van der Waals surface area contributed by atoms with Crippen LogP contribution in [0.1, 0.15) is 13.3 Å². The van der Waals surface area contributed by atoms with Gasteiger partial charge in [-0.25, -0.2) is 0 Å². The van der Waals surface area contributed by atoms with Gasteiger partial charge in [-0.2, -0.15) is 15.0 Å². The lowest BCUT2D eigenvalue weighted by Crippen LogP contribution is -2.39. The van der Waals surface area contributed by atoms with Gasteiger partial charge in [-0.15, -0.1) is 0 Å². The normalized spacial score (nSPS) is 16.4. The van der Waals surface area contributed by atoms with Crippen molar-refractivity contribution in [3.05, 3.63) is 0 Å². The van der Waals surface area contributed by atoms with Crippen molar-refractivity contribution in [2.45, 2.75) is 13.3 Å². The maximum Gasteiger partial charge on any atom is 0.323 e. The lowest BCUT2D eigenvalue weighted by molar-refractivity contribution is 0.292. The molecule has 0 aliphatic carbocycles. The van der Waals surface area contributed by atoms with Gasteiger partial charge >= 0.3 is 6.01 Å². The summed E-state index contributed by atoms with van der Waals surface area (Å²) >= 11 is 0. The molecule has 1 aromatic rings. The zero-order valence-corrected chi connectivity index (χ0v) is 12.1. The van der Waals surface area contributed by atoms with E-state index in [1.54, 1.807) is 7.05 Å². The molecule has 0 unspecified atom stereocenters. The summed E-state index contributed by atoms with van der Waals surface area (Å²) in [5, 5.41) is 2.90. The maximum absolute atomic E-state index is 11.4. The largest absolute Gasteiger partial charge is 0.463 e. The number of rotatable bonds is 5. The molecule has 1 aliphatic rings. The van der Waals surface area contributed by atoms with E-state index in [1.807, 2.05) is 11.8 Å². The van der Waals surface area contributed by atoms with Crippen LogP contribution in [0.4, 0.5) is 11.9 Å². The van der Waals surface area contributed by atoms with E-state index >= 15 is 0 Å². The first-order valence-corrected chi connectivity index (χ1v) is 7.88. The Morgan fingerprint density at radius 1 is 1.32 bits per heavy atom. The van der Waals surface area contributed by atoms with Gasteiger partial charge in [-0.1, -0.05) is 6.92 Å². The predicted molar refractivity (Wildman–Crippen MR) is 75.2 cm³/mol. The van der Waals surface area contributed by atoms with Crippen LogP contribution in [0.15, 0.2) is 0 Å². The predicted octanol–water partition coefficient (Wildman–Crippen LogP) is 0.271. The second-order valence-electron chi connectivity index (χ2n) is 4.18. The van der Waals surface area contributed by atoms with Crippen LogP contribution >= 0.6 is 0 Å². The summed E-state index contributed by atoms with van der Waals surface area (Å²) in [6.45, 7) is 4.01. The Hall–Kier alpha value is -1.44. The van der Waals surface area contributed by atoms with Crippen LogP contribution in [-0.4, -0.2) is 57.4 Å².